The van der Waals surface area contributed by atoms with Gasteiger partial charge >= 0.3 is 0 Å². The third-order valence-electron chi connectivity index (χ3n) is 2.03. The second-order valence-electron chi connectivity index (χ2n) is 3.12. The van der Waals surface area contributed by atoms with Crippen molar-refractivity contribution in [2.75, 3.05) is 0 Å². The summed E-state index contributed by atoms with van der Waals surface area (Å²) in [6.45, 7) is 0. The summed E-state index contributed by atoms with van der Waals surface area (Å²) in [4.78, 5) is 3.42. The van der Waals surface area contributed by atoms with E-state index in [4.69, 9.17) is 23.2 Å². The van der Waals surface area contributed by atoms with Gasteiger partial charge in [0.1, 0.15) is 5.82 Å². The molecule has 2 rings (SSSR count). The van der Waals surface area contributed by atoms with Crippen molar-refractivity contribution in [3.63, 3.8) is 0 Å². The molecule has 0 radical (unpaired) electrons. The van der Waals surface area contributed by atoms with Crippen LogP contribution >= 0.6 is 23.2 Å². The maximum Gasteiger partial charge on any atom is 0.220 e. The summed E-state index contributed by atoms with van der Waals surface area (Å²) in [6.07, 6.45) is 1.16. The molecule has 0 aliphatic rings. The predicted octanol–water partition coefficient (Wildman–Crippen LogP) is 4.33. The molecule has 82 valence electrons. The van der Waals surface area contributed by atoms with Crippen LogP contribution in [-0.4, -0.2) is 4.98 Å². The van der Waals surface area contributed by atoms with Crippen molar-refractivity contribution < 1.29 is 8.78 Å². The Morgan fingerprint density at radius 2 is 1.69 bits per heavy atom. The number of nitrogens with zero attached hydrogens (tertiary/aromatic N) is 1. The monoisotopic (exact) mass is 259 g/mol. The Bertz CT molecular complexity index is 544. The molecule has 0 bridgehead atoms. The molecule has 1 aromatic heterocycles. The van der Waals surface area contributed by atoms with E-state index in [-0.39, 0.29) is 21.2 Å². The van der Waals surface area contributed by atoms with E-state index in [2.05, 4.69) is 4.98 Å². The molecule has 1 nitrogen and oxygen atoms in total. The predicted molar refractivity (Wildman–Crippen MR) is 59.6 cm³/mol. The normalized spacial score (nSPS) is 10.5. The van der Waals surface area contributed by atoms with Crippen molar-refractivity contribution in [2.45, 2.75) is 0 Å². The van der Waals surface area contributed by atoms with E-state index < -0.39 is 11.8 Å². The number of rotatable bonds is 1. The molecular weight excluding hydrogens is 255 g/mol. The molecule has 0 aliphatic carbocycles. The molecule has 0 N–H and O–H groups in total. The van der Waals surface area contributed by atoms with E-state index >= 15 is 0 Å². The Balaban J connectivity index is 2.62. The molecule has 0 saturated heterocycles. The minimum Gasteiger partial charge on any atom is -0.226 e. The summed E-state index contributed by atoms with van der Waals surface area (Å²) in [5, 5.41) is 0.488. The number of hydrogen-bond donors (Lipinski definition) is 0. The van der Waals surface area contributed by atoms with E-state index in [1.807, 2.05) is 0 Å². The summed E-state index contributed by atoms with van der Waals surface area (Å²) in [5.41, 5.74) is 0.0959. The molecule has 1 aromatic carbocycles. The lowest BCUT2D eigenvalue weighted by molar-refractivity contribution is 0.583. The Morgan fingerprint density at radius 1 is 0.938 bits per heavy atom. The zero-order chi connectivity index (χ0) is 11.7. The number of hydrogen-bond acceptors (Lipinski definition) is 1. The molecule has 0 aliphatic heterocycles. The van der Waals surface area contributed by atoms with Gasteiger partial charge in [0, 0.05) is 22.3 Å². The van der Waals surface area contributed by atoms with Gasteiger partial charge in [-0.25, -0.2) is 9.37 Å². The molecule has 2 aromatic rings. The first-order chi connectivity index (χ1) is 7.58. The van der Waals surface area contributed by atoms with Gasteiger partial charge in [-0.2, -0.15) is 4.39 Å². The summed E-state index contributed by atoms with van der Waals surface area (Å²) >= 11 is 11.3. The van der Waals surface area contributed by atoms with E-state index in [0.717, 1.165) is 12.3 Å². The third kappa shape index (κ3) is 2.15. The fourth-order valence-corrected chi connectivity index (χ4v) is 1.64. The summed E-state index contributed by atoms with van der Waals surface area (Å²) in [7, 11) is 0. The molecule has 0 unspecified atom stereocenters. The molecule has 0 spiro atoms. The van der Waals surface area contributed by atoms with Crippen LogP contribution in [0.1, 0.15) is 0 Å². The quantitative estimate of drug-likeness (QED) is 0.695. The average Bonchev–Trinajstić information content (AvgIpc) is 2.22. The largest absolute Gasteiger partial charge is 0.226 e. The second-order valence-corrected chi connectivity index (χ2v) is 3.99. The summed E-state index contributed by atoms with van der Waals surface area (Å²) < 4.78 is 26.9. The maximum absolute atomic E-state index is 13.5. The highest BCUT2D eigenvalue weighted by Gasteiger charge is 2.12. The van der Waals surface area contributed by atoms with Crippen molar-refractivity contribution in [2.24, 2.45) is 0 Å². The lowest BCUT2D eigenvalue weighted by Gasteiger charge is -2.05. The van der Waals surface area contributed by atoms with Gasteiger partial charge in [-0.3, -0.25) is 0 Å². The van der Waals surface area contributed by atoms with Crippen LogP contribution < -0.4 is 0 Å². The topological polar surface area (TPSA) is 12.9 Å². The van der Waals surface area contributed by atoms with Gasteiger partial charge in [-0.15, -0.1) is 0 Å². The number of halogens is 4. The summed E-state index contributed by atoms with van der Waals surface area (Å²) in [6, 6.07) is 5.28. The molecular formula is C11H5Cl2F2N. The van der Waals surface area contributed by atoms with Gasteiger partial charge in [0.15, 0.2) is 0 Å². The van der Waals surface area contributed by atoms with Crippen LogP contribution in [0, 0.1) is 11.8 Å². The van der Waals surface area contributed by atoms with Crippen LogP contribution in [0.2, 0.25) is 10.0 Å². The first-order valence-corrected chi connectivity index (χ1v) is 5.10. The molecule has 0 amide bonds. The smallest absolute Gasteiger partial charge is 0.220 e. The molecule has 0 saturated carbocycles. The number of aromatic nitrogens is 1. The van der Waals surface area contributed by atoms with E-state index in [0.29, 0.717) is 0 Å². The van der Waals surface area contributed by atoms with Crippen LogP contribution in [0.25, 0.3) is 11.1 Å². The van der Waals surface area contributed by atoms with Crippen molar-refractivity contribution in [1.29, 1.82) is 0 Å². The van der Waals surface area contributed by atoms with E-state index in [1.165, 1.54) is 18.2 Å². The van der Waals surface area contributed by atoms with Crippen molar-refractivity contribution in [3.8, 4) is 11.1 Å². The Hall–Kier alpha value is -1.19. The fraction of sp³-hybridized carbons (Fsp3) is 0. The van der Waals surface area contributed by atoms with Crippen LogP contribution in [0.4, 0.5) is 8.78 Å². The highest BCUT2D eigenvalue weighted by molar-refractivity contribution is 6.31. The molecule has 16 heavy (non-hydrogen) atoms. The lowest BCUT2D eigenvalue weighted by atomic mass is 10.1. The molecule has 1 heterocycles. The first-order valence-electron chi connectivity index (χ1n) is 4.34. The van der Waals surface area contributed by atoms with Gasteiger partial charge in [-0.1, -0.05) is 23.2 Å². The lowest BCUT2D eigenvalue weighted by Crippen LogP contribution is -1.91. The van der Waals surface area contributed by atoms with Crippen molar-refractivity contribution in [1.82, 2.24) is 4.98 Å². The number of pyridine rings is 1. The molecule has 5 heteroatoms. The van der Waals surface area contributed by atoms with E-state index in [9.17, 15) is 8.78 Å². The SMILES string of the molecule is Fc1cc(Cl)ccc1-c1cc(Cl)cnc1F. The zero-order valence-corrected chi connectivity index (χ0v) is 9.36. The average molecular weight is 260 g/mol. The van der Waals surface area contributed by atoms with Gasteiger partial charge in [0.25, 0.3) is 0 Å². The van der Waals surface area contributed by atoms with Gasteiger partial charge in [-0.05, 0) is 24.3 Å². The minimum atomic E-state index is -0.773. The Kier molecular flexibility index (Phi) is 3.08. The summed E-state index contributed by atoms with van der Waals surface area (Å²) in [5.74, 6) is -1.39. The Morgan fingerprint density at radius 3 is 2.38 bits per heavy atom. The molecule has 0 atom stereocenters. The van der Waals surface area contributed by atoms with Gasteiger partial charge in [0.2, 0.25) is 5.95 Å². The fourth-order valence-electron chi connectivity index (χ4n) is 1.32. The highest BCUT2D eigenvalue weighted by atomic mass is 35.5. The minimum absolute atomic E-state index is 0.0154. The third-order valence-corrected chi connectivity index (χ3v) is 2.47. The van der Waals surface area contributed by atoms with Crippen LogP contribution in [0.5, 0.6) is 0 Å². The van der Waals surface area contributed by atoms with E-state index in [1.54, 1.807) is 0 Å². The van der Waals surface area contributed by atoms with Crippen LogP contribution in [0.15, 0.2) is 30.5 Å². The first kappa shape index (κ1) is 11.3. The van der Waals surface area contributed by atoms with Crippen LogP contribution in [-0.2, 0) is 0 Å². The number of benzene rings is 1. The zero-order valence-electron chi connectivity index (χ0n) is 7.85. The highest BCUT2D eigenvalue weighted by Crippen LogP contribution is 2.28. The maximum atomic E-state index is 13.5. The van der Waals surface area contributed by atoms with Crippen LogP contribution in [0.3, 0.4) is 0 Å². The van der Waals surface area contributed by atoms with Gasteiger partial charge < -0.3 is 0 Å². The van der Waals surface area contributed by atoms with Crippen molar-refractivity contribution in [3.05, 3.63) is 52.3 Å². The van der Waals surface area contributed by atoms with Crippen molar-refractivity contribution >= 4 is 23.2 Å². The standard InChI is InChI=1S/C11H5Cl2F2N/c12-6-1-2-8(10(14)4-6)9-3-7(13)5-16-11(9)15/h1-5H. The molecule has 0 fully saturated rings. The Labute approximate surface area is 101 Å². The second kappa shape index (κ2) is 4.36. The van der Waals surface area contributed by atoms with Gasteiger partial charge in [0.05, 0.1) is 5.02 Å².